The number of thiophene rings is 1. The molecular weight excluding hydrogens is 242 g/mol. The molecule has 18 heavy (non-hydrogen) atoms. The van der Waals surface area contributed by atoms with E-state index < -0.39 is 0 Å². The van der Waals surface area contributed by atoms with Crippen molar-refractivity contribution in [1.82, 2.24) is 5.32 Å². The van der Waals surface area contributed by atoms with E-state index in [9.17, 15) is 5.11 Å². The average Bonchev–Trinajstić information content (AvgIpc) is 2.93. The van der Waals surface area contributed by atoms with E-state index in [4.69, 9.17) is 0 Å². The van der Waals surface area contributed by atoms with Crippen molar-refractivity contribution in [2.45, 2.75) is 25.4 Å². The minimum atomic E-state index is 0.0921. The molecular formula is C15H19NOS. The molecule has 3 heteroatoms. The van der Waals surface area contributed by atoms with Crippen LogP contribution >= 0.6 is 11.3 Å². The maximum absolute atomic E-state index is 9.53. The molecule has 1 aromatic heterocycles. The van der Waals surface area contributed by atoms with Gasteiger partial charge in [-0.3, -0.25) is 0 Å². The molecule has 0 aliphatic heterocycles. The van der Waals surface area contributed by atoms with E-state index in [0.29, 0.717) is 5.92 Å². The molecule has 2 atom stereocenters. The molecule has 0 aliphatic rings. The van der Waals surface area contributed by atoms with Crippen molar-refractivity contribution < 1.29 is 5.11 Å². The van der Waals surface area contributed by atoms with Crippen LogP contribution < -0.4 is 5.32 Å². The summed E-state index contributed by atoms with van der Waals surface area (Å²) in [5.74, 6) is 0.302. The summed E-state index contributed by atoms with van der Waals surface area (Å²) in [5.41, 5.74) is 1.26. The van der Waals surface area contributed by atoms with Crippen LogP contribution in [0.15, 0.2) is 47.8 Å². The van der Waals surface area contributed by atoms with Crippen LogP contribution in [-0.4, -0.2) is 17.8 Å². The molecule has 0 radical (unpaired) electrons. The lowest BCUT2D eigenvalue weighted by Gasteiger charge is -2.23. The minimum Gasteiger partial charge on any atom is -0.395 e. The Bertz CT molecular complexity index is 441. The van der Waals surface area contributed by atoms with Crippen LogP contribution in [0.4, 0.5) is 0 Å². The van der Waals surface area contributed by atoms with Gasteiger partial charge in [-0.05, 0) is 22.9 Å². The molecule has 2 aromatic rings. The zero-order valence-electron chi connectivity index (χ0n) is 10.5. The number of benzene rings is 1. The first-order valence-electron chi connectivity index (χ1n) is 6.23. The highest BCUT2D eigenvalue weighted by Crippen LogP contribution is 2.19. The zero-order valence-corrected chi connectivity index (χ0v) is 11.4. The Hall–Kier alpha value is -1.16. The quantitative estimate of drug-likeness (QED) is 0.838. The Balaban J connectivity index is 1.96. The van der Waals surface area contributed by atoms with Crippen molar-refractivity contribution in [2.24, 2.45) is 0 Å². The highest BCUT2D eigenvalue weighted by Gasteiger charge is 2.17. The number of rotatable bonds is 6. The fourth-order valence-corrected chi connectivity index (χ4v) is 2.69. The van der Waals surface area contributed by atoms with E-state index in [1.54, 1.807) is 11.3 Å². The van der Waals surface area contributed by atoms with Gasteiger partial charge in [-0.15, -0.1) is 11.3 Å². The van der Waals surface area contributed by atoms with Crippen molar-refractivity contribution in [2.75, 3.05) is 6.61 Å². The van der Waals surface area contributed by atoms with Gasteiger partial charge >= 0.3 is 0 Å². The van der Waals surface area contributed by atoms with Crippen molar-refractivity contribution in [3.8, 4) is 0 Å². The van der Waals surface area contributed by atoms with E-state index in [2.05, 4.69) is 41.9 Å². The van der Waals surface area contributed by atoms with Crippen molar-refractivity contribution >= 4 is 11.3 Å². The van der Waals surface area contributed by atoms with Gasteiger partial charge in [0.1, 0.15) is 0 Å². The molecule has 1 heterocycles. The number of hydrogen-bond acceptors (Lipinski definition) is 3. The van der Waals surface area contributed by atoms with Gasteiger partial charge in [-0.25, -0.2) is 0 Å². The third kappa shape index (κ3) is 3.42. The van der Waals surface area contributed by atoms with Gasteiger partial charge < -0.3 is 10.4 Å². The summed E-state index contributed by atoms with van der Waals surface area (Å²) in [4.78, 5) is 1.30. The Morgan fingerprint density at radius 2 is 1.94 bits per heavy atom. The highest BCUT2D eigenvalue weighted by molar-refractivity contribution is 7.09. The lowest BCUT2D eigenvalue weighted by molar-refractivity contribution is 0.226. The summed E-state index contributed by atoms with van der Waals surface area (Å²) in [7, 11) is 0. The van der Waals surface area contributed by atoms with E-state index in [1.165, 1.54) is 10.4 Å². The van der Waals surface area contributed by atoms with E-state index in [0.717, 1.165) is 6.54 Å². The Labute approximate surface area is 112 Å². The van der Waals surface area contributed by atoms with E-state index >= 15 is 0 Å². The average molecular weight is 261 g/mol. The van der Waals surface area contributed by atoms with Crippen LogP contribution in [-0.2, 0) is 6.54 Å². The fraction of sp³-hybridized carbons (Fsp3) is 0.333. The van der Waals surface area contributed by atoms with Crippen LogP contribution in [0.3, 0.4) is 0 Å². The first-order valence-corrected chi connectivity index (χ1v) is 7.11. The predicted octanol–water partition coefficient (Wildman–Crippen LogP) is 3.00. The molecule has 2 unspecified atom stereocenters. The monoisotopic (exact) mass is 261 g/mol. The maximum Gasteiger partial charge on any atom is 0.0590 e. The van der Waals surface area contributed by atoms with Gasteiger partial charge in [0, 0.05) is 17.5 Å². The topological polar surface area (TPSA) is 32.3 Å². The first-order chi connectivity index (χ1) is 8.81. The van der Waals surface area contributed by atoms with Gasteiger partial charge in [0.25, 0.3) is 0 Å². The summed E-state index contributed by atoms with van der Waals surface area (Å²) in [6.07, 6.45) is 0. The van der Waals surface area contributed by atoms with Gasteiger partial charge in [-0.1, -0.05) is 43.3 Å². The molecule has 2 rings (SSSR count). The molecule has 0 aliphatic carbocycles. The highest BCUT2D eigenvalue weighted by atomic mass is 32.1. The molecule has 0 saturated carbocycles. The molecule has 0 fully saturated rings. The Morgan fingerprint density at radius 1 is 1.17 bits per heavy atom. The Morgan fingerprint density at radius 3 is 2.56 bits per heavy atom. The third-order valence-corrected chi connectivity index (χ3v) is 4.12. The third-order valence-electron chi connectivity index (χ3n) is 3.24. The fourth-order valence-electron chi connectivity index (χ4n) is 2.03. The second kappa shape index (κ2) is 6.69. The second-order valence-electron chi connectivity index (χ2n) is 4.45. The summed E-state index contributed by atoms with van der Waals surface area (Å²) in [5, 5.41) is 15.0. The van der Waals surface area contributed by atoms with Crippen LogP contribution in [0.25, 0.3) is 0 Å². The number of aliphatic hydroxyl groups is 1. The molecule has 2 N–H and O–H groups in total. The van der Waals surface area contributed by atoms with Gasteiger partial charge in [0.15, 0.2) is 0 Å². The Kier molecular flexibility index (Phi) is 4.93. The molecule has 0 saturated heterocycles. The van der Waals surface area contributed by atoms with Gasteiger partial charge in [0.2, 0.25) is 0 Å². The normalized spacial score (nSPS) is 14.3. The number of nitrogens with one attached hydrogen (secondary N) is 1. The van der Waals surface area contributed by atoms with E-state index in [1.807, 2.05) is 18.2 Å². The van der Waals surface area contributed by atoms with Gasteiger partial charge in [-0.2, -0.15) is 0 Å². The molecule has 1 aromatic carbocycles. The van der Waals surface area contributed by atoms with Crippen molar-refractivity contribution in [1.29, 1.82) is 0 Å². The lowest BCUT2D eigenvalue weighted by Crippen LogP contribution is -2.36. The largest absolute Gasteiger partial charge is 0.395 e. The number of hydrogen-bond donors (Lipinski definition) is 2. The van der Waals surface area contributed by atoms with Crippen LogP contribution in [0.1, 0.15) is 23.3 Å². The van der Waals surface area contributed by atoms with Crippen LogP contribution in [0, 0.1) is 0 Å². The lowest BCUT2D eigenvalue weighted by atomic mass is 9.94. The van der Waals surface area contributed by atoms with Crippen LogP contribution in [0.5, 0.6) is 0 Å². The van der Waals surface area contributed by atoms with E-state index in [-0.39, 0.29) is 12.6 Å². The number of aliphatic hydroxyl groups excluding tert-OH is 1. The maximum atomic E-state index is 9.53. The molecule has 0 bridgehead atoms. The first kappa shape index (κ1) is 13.3. The SMILES string of the molecule is CC(c1ccccc1)C(CO)NCc1cccs1. The summed E-state index contributed by atoms with van der Waals surface area (Å²) >= 11 is 1.74. The predicted molar refractivity (Wildman–Crippen MR) is 76.9 cm³/mol. The minimum absolute atomic E-state index is 0.0921. The van der Waals surface area contributed by atoms with Crippen molar-refractivity contribution in [3.63, 3.8) is 0 Å². The molecule has 96 valence electrons. The molecule has 2 nitrogen and oxygen atoms in total. The second-order valence-corrected chi connectivity index (χ2v) is 5.48. The summed E-state index contributed by atoms with van der Waals surface area (Å²) in [6.45, 7) is 3.12. The van der Waals surface area contributed by atoms with Gasteiger partial charge in [0.05, 0.1) is 6.61 Å². The smallest absolute Gasteiger partial charge is 0.0590 e. The molecule has 0 amide bonds. The summed E-state index contributed by atoms with van der Waals surface area (Å²) < 4.78 is 0. The molecule has 0 spiro atoms. The van der Waals surface area contributed by atoms with Crippen molar-refractivity contribution in [3.05, 3.63) is 58.3 Å². The van der Waals surface area contributed by atoms with Crippen LogP contribution in [0.2, 0.25) is 0 Å². The summed E-state index contributed by atoms with van der Waals surface area (Å²) in [6, 6.07) is 14.6. The standard InChI is InChI=1S/C15H19NOS/c1-12(13-6-3-2-4-7-13)15(11-17)16-10-14-8-5-9-18-14/h2-9,12,15-17H,10-11H2,1H3. The zero-order chi connectivity index (χ0) is 12.8.